The Bertz CT molecular complexity index is 711. The number of nitrogens with one attached hydrogen (secondary N) is 1. The molecule has 0 radical (unpaired) electrons. The number of ether oxygens (including phenoxy) is 2. The van der Waals surface area contributed by atoms with E-state index >= 15 is 0 Å². The average Bonchev–Trinajstić information content (AvgIpc) is 2.67. The van der Waals surface area contributed by atoms with E-state index in [9.17, 15) is 4.79 Å². The lowest BCUT2D eigenvalue weighted by Gasteiger charge is -2.30. The summed E-state index contributed by atoms with van der Waals surface area (Å²) in [5.74, 6) is -0.420. The van der Waals surface area contributed by atoms with E-state index in [1.165, 1.54) is 0 Å². The van der Waals surface area contributed by atoms with Gasteiger partial charge in [0.2, 0.25) is 5.71 Å². The average molecular weight is 341 g/mol. The number of carbonyl (C=O) groups excluding carboxylic acids is 1. The summed E-state index contributed by atoms with van der Waals surface area (Å²) in [5.41, 5.74) is 3.98. The van der Waals surface area contributed by atoms with Crippen LogP contribution < -0.4 is 10.3 Å². The van der Waals surface area contributed by atoms with E-state index in [0.29, 0.717) is 44.2 Å². The van der Waals surface area contributed by atoms with Gasteiger partial charge in [-0.05, 0) is 24.6 Å². The van der Waals surface area contributed by atoms with E-state index in [-0.39, 0.29) is 5.71 Å². The second-order valence-electron chi connectivity index (χ2n) is 5.26. The minimum absolute atomic E-state index is 0.299. The lowest BCUT2D eigenvalue weighted by Crippen LogP contribution is -2.37. The molecule has 0 bridgehead atoms. The summed E-state index contributed by atoms with van der Waals surface area (Å²) in [7, 11) is 0. The molecule has 0 saturated carbocycles. The van der Waals surface area contributed by atoms with Gasteiger partial charge in [-0.3, -0.25) is 5.43 Å². The molecule has 0 amide bonds. The maximum atomic E-state index is 12.4. The van der Waals surface area contributed by atoms with Crippen LogP contribution in [0.2, 0.25) is 0 Å². The molecule has 1 aromatic rings. The second kappa shape index (κ2) is 9.26. The summed E-state index contributed by atoms with van der Waals surface area (Å²) in [6.45, 7) is 4.83. The molecule has 1 N–H and O–H groups in total. The van der Waals surface area contributed by atoms with Gasteiger partial charge in [0.1, 0.15) is 12.1 Å². The first kappa shape index (κ1) is 18.2. The summed E-state index contributed by atoms with van der Waals surface area (Å²) < 4.78 is 10.6. The first-order chi connectivity index (χ1) is 12.2. The van der Waals surface area contributed by atoms with Gasteiger partial charge in [-0.25, -0.2) is 4.79 Å². The fourth-order valence-electron chi connectivity index (χ4n) is 2.32. The first-order valence-corrected chi connectivity index (χ1v) is 7.97. The van der Waals surface area contributed by atoms with Crippen LogP contribution in [0.4, 0.5) is 11.4 Å². The molecular weight excluding hydrogens is 322 g/mol. The van der Waals surface area contributed by atoms with Crippen LogP contribution in [0, 0.1) is 22.7 Å². The summed E-state index contributed by atoms with van der Waals surface area (Å²) in [4.78, 5) is 14.5. The van der Waals surface area contributed by atoms with Crippen LogP contribution in [-0.2, 0) is 9.47 Å². The Balaban J connectivity index is 2.30. The molecule has 0 spiro atoms. The second-order valence-corrected chi connectivity index (χ2v) is 5.26. The van der Waals surface area contributed by atoms with Gasteiger partial charge in [0.25, 0.3) is 0 Å². The number of hydrazone groups is 1. The molecule has 1 fully saturated rings. The summed E-state index contributed by atoms with van der Waals surface area (Å²) in [6, 6.07) is 8.46. The number of hydrogen-bond donors (Lipinski definition) is 1. The quantitative estimate of drug-likeness (QED) is 0.478. The highest BCUT2D eigenvalue weighted by molar-refractivity contribution is 6.10. The van der Waals surface area contributed by atoms with Crippen LogP contribution >= 0.6 is 0 Å². The number of nitriles is 2. The highest BCUT2D eigenvalue weighted by atomic mass is 16.5. The van der Waals surface area contributed by atoms with Crippen molar-refractivity contribution in [2.45, 2.75) is 13.3 Å². The Morgan fingerprint density at radius 1 is 1.36 bits per heavy atom. The molecule has 8 nitrogen and oxygen atoms in total. The topological polar surface area (TPSA) is 111 Å². The Labute approximate surface area is 146 Å². The largest absolute Gasteiger partial charge is 0.462 e. The Hall–Kier alpha value is -3.10. The standard InChI is InChI=1S/C17H19N5O3/c1-2-7-25-17(23)15-10-13(20-21-14(11-18)12-19)3-4-16(15)22-5-8-24-9-6-22/h3-4,10,20H,2,5-9H2,1H3. The van der Waals surface area contributed by atoms with Crippen molar-refractivity contribution in [3.05, 3.63) is 23.8 Å². The van der Waals surface area contributed by atoms with Crippen molar-refractivity contribution in [2.75, 3.05) is 43.2 Å². The maximum Gasteiger partial charge on any atom is 0.340 e. The number of benzene rings is 1. The fraction of sp³-hybridized carbons (Fsp3) is 0.412. The Kier molecular flexibility index (Phi) is 6.76. The summed E-state index contributed by atoms with van der Waals surface area (Å²) >= 11 is 0. The van der Waals surface area contributed by atoms with Gasteiger partial charge >= 0.3 is 5.97 Å². The monoisotopic (exact) mass is 341 g/mol. The van der Waals surface area contributed by atoms with Gasteiger partial charge in [-0.2, -0.15) is 15.6 Å². The molecule has 1 saturated heterocycles. The molecule has 25 heavy (non-hydrogen) atoms. The lowest BCUT2D eigenvalue weighted by atomic mass is 10.1. The van der Waals surface area contributed by atoms with Crippen LogP contribution in [0.15, 0.2) is 23.3 Å². The molecule has 130 valence electrons. The number of morpholine rings is 1. The first-order valence-electron chi connectivity index (χ1n) is 7.97. The fourth-order valence-corrected chi connectivity index (χ4v) is 2.32. The van der Waals surface area contributed by atoms with Crippen molar-refractivity contribution in [2.24, 2.45) is 5.10 Å². The predicted octanol–water partition coefficient (Wildman–Crippen LogP) is 1.91. The molecule has 0 atom stereocenters. The minimum Gasteiger partial charge on any atom is -0.462 e. The zero-order valence-corrected chi connectivity index (χ0v) is 14.0. The smallest absolute Gasteiger partial charge is 0.340 e. The zero-order chi connectivity index (χ0) is 18.1. The molecule has 1 aliphatic heterocycles. The van der Waals surface area contributed by atoms with Crippen molar-refractivity contribution < 1.29 is 14.3 Å². The number of carbonyl (C=O) groups is 1. The van der Waals surface area contributed by atoms with Crippen LogP contribution in [0.5, 0.6) is 0 Å². The third-order valence-corrected chi connectivity index (χ3v) is 3.51. The van der Waals surface area contributed by atoms with Gasteiger partial charge in [-0.15, -0.1) is 0 Å². The lowest BCUT2D eigenvalue weighted by molar-refractivity contribution is 0.0505. The van der Waals surface area contributed by atoms with Gasteiger partial charge in [0.15, 0.2) is 0 Å². The summed E-state index contributed by atoms with van der Waals surface area (Å²) in [5, 5.41) is 21.1. The van der Waals surface area contributed by atoms with Gasteiger partial charge in [-0.1, -0.05) is 6.92 Å². The number of hydrogen-bond acceptors (Lipinski definition) is 8. The molecule has 1 heterocycles. The van der Waals surface area contributed by atoms with E-state index in [2.05, 4.69) is 15.4 Å². The number of esters is 1. The molecule has 8 heteroatoms. The third kappa shape index (κ3) is 4.93. The minimum atomic E-state index is -0.420. The molecule has 0 aliphatic carbocycles. The SMILES string of the molecule is CCCOC(=O)c1cc(NN=C(C#N)C#N)ccc1N1CCOCC1. The van der Waals surface area contributed by atoms with E-state index in [1.54, 1.807) is 30.3 Å². The highest BCUT2D eigenvalue weighted by Crippen LogP contribution is 2.26. The molecule has 2 rings (SSSR count). The van der Waals surface area contributed by atoms with E-state index in [4.69, 9.17) is 20.0 Å². The van der Waals surface area contributed by atoms with E-state index < -0.39 is 5.97 Å². The number of nitrogens with zero attached hydrogens (tertiary/aromatic N) is 4. The highest BCUT2D eigenvalue weighted by Gasteiger charge is 2.20. The molecular formula is C17H19N5O3. The van der Waals surface area contributed by atoms with Crippen molar-refractivity contribution in [1.29, 1.82) is 10.5 Å². The number of anilines is 2. The van der Waals surface area contributed by atoms with Gasteiger partial charge < -0.3 is 14.4 Å². The maximum absolute atomic E-state index is 12.4. The predicted molar refractivity (Wildman–Crippen MR) is 92.3 cm³/mol. The zero-order valence-electron chi connectivity index (χ0n) is 14.0. The molecule has 1 aliphatic rings. The van der Waals surface area contributed by atoms with E-state index in [0.717, 1.165) is 12.1 Å². The normalized spacial score (nSPS) is 13.3. The molecule has 1 aromatic carbocycles. The molecule has 0 unspecified atom stereocenters. The summed E-state index contributed by atoms with van der Waals surface area (Å²) in [6.07, 6.45) is 0.731. The van der Waals surface area contributed by atoms with Crippen molar-refractivity contribution >= 4 is 23.1 Å². The Morgan fingerprint density at radius 3 is 2.72 bits per heavy atom. The van der Waals surface area contributed by atoms with Crippen LogP contribution in [0.1, 0.15) is 23.7 Å². The Morgan fingerprint density at radius 2 is 2.08 bits per heavy atom. The van der Waals surface area contributed by atoms with Crippen LogP contribution in [0.25, 0.3) is 0 Å². The third-order valence-electron chi connectivity index (χ3n) is 3.51. The van der Waals surface area contributed by atoms with Gasteiger partial charge in [0.05, 0.1) is 36.8 Å². The van der Waals surface area contributed by atoms with Crippen molar-refractivity contribution in [3.63, 3.8) is 0 Å². The van der Waals surface area contributed by atoms with Gasteiger partial charge in [0, 0.05) is 13.1 Å². The number of rotatable bonds is 6. The van der Waals surface area contributed by atoms with E-state index in [1.807, 2.05) is 6.92 Å². The van der Waals surface area contributed by atoms with Crippen molar-refractivity contribution in [1.82, 2.24) is 0 Å². The van der Waals surface area contributed by atoms with Crippen LogP contribution in [0.3, 0.4) is 0 Å². The van der Waals surface area contributed by atoms with Crippen LogP contribution in [-0.4, -0.2) is 44.6 Å². The molecule has 0 aromatic heterocycles. The van der Waals surface area contributed by atoms with Crippen molar-refractivity contribution in [3.8, 4) is 12.1 Å².